The molecule has 1 aromatic rings. The molecule has 3 heteroatoms. The van der Waals surface area contributed by atoms with Gasteiger partial charge >= 0.3 is 0 Å². The van der Waals surface area contributed by atoms with Crippen LogP contribution in [0.4, 0.5) is 0 Å². The van der Waals surface area contributed by atoms with Crippen LogP contribution in [0.5, 0.6) is 0 Å². The number of rotatable bonds is 3. The van der Waals surface area contributed by atoms with Gasteiger partial charge < -0.3 is 14.2 Å². The third-order valence-corrected chi connectivity index (χ3v) is 10.7. The van der Waals surface area contributed by atoms with Gasteiger partial charge in [-0.05, 0) is 73.2 Å². The van der Waals surface area contributed by atoms with Crippen LogP contribution in [0.3, 0.4) is 0 Å². The third kappa shape index (κ3) is 3.72. The normalized spacial score (nSPS) is 43.2. The van der Waals surface area contributed by atoms with E-state index in [2.05, 4.69) is 44.2 Å². The van der Waals surface area contributed by atoms with Crippen LogP contribution in [-0.4, -0.2) is 25.1 Å². The van der Waals surface area contributed by atoms with E-state index in [0.29, 0.717) is 23.4 Å². The van der Waals surface area contributed by atoms with Gasteiger partial charge in [-0.2, -0.15) is 0 Å². The highest BCUT2D eigenvalue weighted by Crippen LogP contribution is 2.69. The van der Waals surface area contributed by atoms with Gasteiger partial charge in [0.2, 0.25) is 0 Å². The summed E-state index contributed by atoms with van der Waals surface area (Å²) in [5.74, 6) is 2.61. The van der Waals surface area contributed by atoms with Gasteiger partial charge in [0, 0.05) is 11.8 Å². The Kier molecular flexibility index (Phi) is 6.70. The first kappa shape index (κ1) is 23.8. The minimum Gasteiger partial charge on any atom is -0.373 e. The van der Waals surface area contributed by atoms with Crippen LogP contribution in [0.1, 0.15) is 91.0 Å². The zero-order valence-electron chi connectivity index (χ0n) is 21.5. The molecule has 7 atom stereocenters. The van der Waals surface area contributed by atoms with Crippen molar-refractivity contribution < 1.29 is 14.2 Å². The Labute approximate surface area is 202 Å². The first-order valence-electron chi connectivity index (χ1n) is 14.0. The molecule has 5 fully saturated rings. The Morgan fingerprint density at radius 1 is 0.879 bits per heavy atom. The SMILES string of the molecule is CC.CC12CCCCC1CC(OCc1ccccc1)C1C2CCC2(C)C1CCC21OCCO1. The molecule has 5 aliphatic rings. The van der Waals surface area contributed by atoms with Gasteiger partial charge in [0.15, 0.2) is 5.79 Å². The van der Waals surface area contributed by atoms with Crippen molar-refractivity contribution in [3.8, 4) is 0 Å². The highest BCUT2D eigenvalue weighted by Gasteiger charge is 2.68. The van der Waals surface area contributed by atoms with Crippen molar-refractivity contribution in [1.29, 1.82) is 0 Å². The molecule has 0 aromatic heterocycles. The Balaban J connectivity index is 0.00000111. The number of fused-ring (bicyclic) bond motifs is 6. The molecule has 1 heterocycles. The maximum absolute atomic E-state index is 6.86. The standard InChI is InChI=1S/C28H40O3.C2H6/c1-26-13-7-6-10-21(26)18-24(29-19-20-8-4-3-5-9-20)25-22(26)11-14-27(2)23(25)12-15-28(27)30-16-17-31-28;1-2/h3-5,8-9,21-25H,6-7,10-19H2,1-2H3;1-2H3. The van der Waals surface area contributed by atoms with Crippen LogP contribution in [0.25, 0.3) is 0 Å². The van der Waals surface area contributed by atoms with Crippen molar-refractivity contribution in [3.05, 3.63) is 35.9 Å². The second-order valence-electron chi connectivity index (χ2n) is 11.8. The summed E-state index contributed by atoms with van der Waals surface area (Å²) >= 11 is 0. The maximum atomic E-state index is 6.86. The average molecular weight is 455 g/mol. The number of hydrogen-bond donors (Lipinski definition) is 0. The molecular weight excluding hydrogens is 408 g/mol. The Morgan fingerprint density at radius 2 is 1.61 bits per heavy atom. The lowest BCUT2D eigenvalue weighted by molar-refractivity contribution is -0.258. The van der Waals surface area contributed by atoms with Crippen LogP contribution in [0, 0.1) is 34.5 Å². The van der Waals surface area contributed by atoms with Gasteiger partial charge in [-0.25, -0.2) is 0 Å². The van der Waals surface area contributed by atoms with Gasteiger partial charge in [-0.1, -0.05) is 70.9 Å². The quantitative estimate of drug-likeness (QED) is 0.477. The summed E-state index contributed by atoms with van der Waals surface area (Å²) in [6, 6.07) is 10.8. The summed E-state index contributed by atoms with van der Waals surface area (Å²) in [6.45, 7) is 11.4. The monoisotopic (exact) mass is 454 g/mol. The van der Waals surface area contributed by atoms with Crippen molar-refractivity contribution in [2.75, 3.05) is 13.2 Å². The van der Waals surface area contributed by atoms with E-state index in [1.54, 1.807) is 0 Å². The molecular formula is C30H46O3. The van der Waals surface area contributed by atoms with Crippen molar-refractivity contribution in [2.24, 2.45) is 34.5 Å². The fourth-order valence-corrected chi connectivity index (χ4v) is 9.07. The Morgan fingerprint density at radius 3 is 2.36 bits per heavy atom. The molecule has 1 saturated heterocycles. The molecule has 1 aliphatic heterocycles. The second kappa shape index (κ2) is 9.28. The fraction of sp³-hybridized carbons (Fsp3) is 0.800. The summed E-state index contributed by atoms with van der Waals surface area (Å²) in [4.78, 5) is 0. The van der Waals surface area contributed by atoms with E-state index in [4.69, 9.17) is 14.2 Å². The molecule has 6 rings (SSSR count). The maximum Gasteiger partial charge on any atom is 0.174 e. The third-order valence-electron chi connectivity index (χ3n) is 10.7. The first-order chi connectivity index (χ1) is 16.1. The van der Waals surface area contributed by atoms with Gasteiger partial charge in [-0.3, -0.25) is 0 Å². The van der Waals surface area contributed by atoms with Crippen molar-refractivity contribution >= 4 is 0 Å². The summed E-state index contributed by atoms with van der Waals surface area (Å²) < 4.78 is 19.6. The molecule has 4 saturated carbocycles. The largest absolute Gasteiger partial charge is 0.373 e. The molecule has 3 nitrogen and oxygen atoms in total. The highest BCUT2D eigenvalue weighted by molar-refractivity contribution is 5.16. The molecule has 1 aromatic carbocycles. The van der Waals surface area contributed by atoms with E-state index in [-0.39, 0.29) is 11.2 Å². The van der Waals surface area contributed by atoms with Crippen molar-refractivity contribution in [1.82, 2.24) is 0 Å². The van der Waals surface area contributed by atoms with Crippen LogP contribution in [0.15, 0.2) is 30.3 Å². The minimum absolute atomic E-state index is 0.136. The zero-order valence-corrected chi connectivity index (χ0v) is 21.5. The minimum atomic E-state index is -0.322. The molecule has 7 unspecified atom stereocenters. The predicted molar refractivity (Wildman–Crippen MR) is 133 cm³/mol. The summed E-state index contributed by atoms with van der Waals surface area (Å²) in [7, 11) is 0. The van der Waals surface area contributed by atoms with Gasteiger partial charge in [0.05, 0.1) is 25.9 Å². The Bertz CT molecular complexity index is 787. The topological polar surface area (TPSA) is 27.7 Å². The van der Waals surface area contributed by atoms with E-state index in [0.717, 1.165) is 38.1 Å². The molecule has 33 heavy (non-hydrogen) atoms. The number of ether oxygens (including phenoxy) is 3. The first-order valence-corrected chi connectivity index (χ1v) is 14.0. The Hall–Kier alpha value is -0.900. The smallest absolute Gasteiger partial charge is 0.174 e. The van der Waals surface area contributed by atoms with Gasteiger partial charge in [0.25, 0.3) is 0 Å². The summed E-state index contributed by atoms with van der Waals surface area (Å²) in [5.41, 5.74) is 1.95. The van der Waals surface area contributed by atoms with E-state index in [1.165, 1.54) is 56.9 Å². The van der Waals surface area contributed by atoms with E-state index < -0.39 is 0 Å². The number of benzene rings is 1. The van der Waals surface area contributed by atoms with Crippen LogP contribution >= 0.6 is 0 Å². The fourth-order valence-electron chi connectivity index (χ4n) is 9.07. The van der Waals surface area contributed by atoms with Crippen LogP contribution in [0.2, 0.25) is 0 Å². The molecule has 0 radical (unpaired) electrons. The van der Waals surface area contributed by atoms with Crippen LogP contribution in [-0.2, 0) is 20.8 Å². The summed E-state index contributed by atoms with van der Waals surface area (Å²) in [5, 5.41) is 0. The highest BCUT2D eigenvalue weighted by atomic mass is 16.7. The van der Waals surface area contributed by atoms with Gasteiger partial charge in [-0.15, -0.1) is 0 Å². The van der Waals surface area contributed by atoms with Crippen molar-refractivity contribution in [2.45, 2.75) is 104 Å². The molecule has 0 N–H and O–H groups in total. The van der Waals surface area contributed by atoms with E-state index in [1.807, 2.05) is 13.8 Å². The lowest BCUT2D eigenvalue weighted by Crippen LogP contribution is -2.60. The van der Waals surface area contributed by atoms with E-state index in [9.17, 15) is 0 Å². The molecule has 184 valence electrons. The second-order valence-corrected chi connectivity index (χ2v) is 11.8. The lowest BCUT2D eigenvalue weighted by Gasteiger charge is -2.62. The molecule has 4 aliphatic carbocycles. The van der Waals surface area contributed by atoms with Gasteiger partial charge in [0.1, 0.15) is 0 Å². The molecule has 0 amide bonds. The lowest BCUT2D eigenvalue weighted by atomic mass is 9.44. The zero-order chi connectivity index (χ0) is 23.1. The van der Waals surface area contributed by atoms with E-state index >= 15 is 0 Å². The number of hydrogen-bond acceptors (Lipinski definition) is 3. The summed E-state index contributed by atoms with van der Waals surface area (Å²) in [6.07, 6.45) is 12.2. The molecule has 1 spiro atoms. The predicted octanol–water partition coefficient (Wildman–Crippen LogP) is 7.38. The van der Waals surface area contributed by atoms with Crippen LogP contribution < -0.4 is 0 Å². The molecule has 0 bridgehead atoms. The van der Waals surface area contributed by atoms with Crippen molar-refractivity contribution in [3.63, 3.8) is 0 Å². The average Bonchev–Trinajstić information content (AvgIpc) is 3.45.